The smallest absolute Gasteiger partial charge is 0.240 e. The van der Waals surface area contributed by atoms with E-state index in [1.807, 2.05) is 12.5 Å². The van der Waals surface area contributed by atoms with Gasteiger partial charge >= 0.3 is 0 Å². The van der Waals surface area contributed by atoms with Gasteiger partial charge in [-0.25, -0.2) is 38.3 Å². The van der Waals surface area contributed by atoms with Crippen LogP contribution in [0.4, 0.5) is 5.95 Å². The molecule has 3 aromatic rings. The molecule has 3 rings (SSSR count). The molecule has 0 saturated carbocycles. The molecule has 15 heteroatoms. The molecule has 0 aliphatic rings. The van der Waals surface area contributed by atoms with Gasteiger partial charge in [0.1, 0.15) is 4.90 Å². The quantitative estimate of drug-likeness (QED) is 0.0940. The Balaban J connectivity index is 2.54. The standard InChI is InChI=1S/C18H25N9O4S2/c1-2-27-12-5-3-4-11(15(12)24-18(27)21)10-6-7-13(32(28,29)9-8-19)16(33(23,30)31)14(10)17(20)25-26-22/h3-7,26H,2,8-9,19,22H2,1H3,(H2,20,25)(H2,21,24)(H2,23,30,31). The molecule has 0 unspecified atom stereocenters. The highest BCUT2D eigenvalue weighted by atomic mass is 32.2. The highest BCUT2D eigenvalue weighted by Gasteiger charge is 2.31. The number of para-hydroxylation sites is 1. The second-order valence-electron chi connectivity index (χ2n) is 6.98. The van der Waals surface area contributed by atoms with E-state index in [-0.39, 0.29) is 23.6 Å². The number of benzene rings is 2. The predicted molar refractivity (Wildman–Crippen MR) is 126 cm³/mol. The molecule has 0 saturated heterocycles. The third-order valence-corrected chi connectivity index (χ3v) is 7.89. The summed E-state index contributed by atoms with van der Waals surface area (Å²) in [5.41, 5.74) is 21.0. The first-order chi connectivity index (χ1) is 15.5. The average Bonchev–Trinajstić information content (AvgIpc) is 3.07. The minimum absolute atomic E-state index is 0.216. The van der Waals surface area contributed by atoms with Crippen LogP contribution >= 0.6 is 0 Å². The Kier molecular flexibility index (Phi) is 6.62. The molecule has 0 spiro atoms. The van der Waals surface area contributed by atoms with Crippen molar-refractivity contribution in [1.29, 1.82) is 0 Å². The molecule has 0 fully saturated rings. The fourth-order valence-corrected chi connectivity index (χ4v) is 6.44. The monoisotopic (exact) mass is 495 g/mol. The molecule has 0 atom stereocenters. The molecule has 1 heterocycles. The number of aromatic nitrogens is 2. The fraction of sp³-hybridized carbons (Fsp3) is 0.222. The van der Waals surface area contributed by atoms with Gasteiger partial charge in [-0.1, -0.05) is 18.2 Å². The molecule has 0 bridgehead atoms. The number of hydrogen-bond donors (Lipinski definition) is 6. The first-order valence-electron chi connectivity index (χ1n) is 9.64. The van der Waals surface area contributed by atoms with Crippen LogP contribution in [-0.4, -0.2) is 44.5 Å². The van der Waals surface area contributed by atoms with E-state index in [2.05, 4.69) is 10.1 Å². The number of hydrazone groups is 1. The molecule has 1 aromatic heterocycles. The van der Waals surface area contributed by atoms with E-state index in [1.165, 1.54) is 6.07 Å². The zero-order chi connectivity index (χ0) is 24.6. The van der Waals surface area contributed by atoms with E-state index >= 15 is 0 Å². The number of sulfone groups is 1. The van der Waals surface area contributed by atoms with Gasteiger partial charge in [-0.3, -0.25) is 0 Å². The molecule has 11 N–H and O–H groups in total. The number of sulfonamides is 1. The average molecular weight is 496 g/mol. The van der Waals surface area contributed by atoms with Crippen molar-refractivity contribution in [3.05, 3.63) is 35.9 Å². The number of imidazole rings is 1. The second-order valence-corrected chi connectivity index (χ2v) is 10.6. The molecular weight excluding hydrogens is 470 g/mol. The third kappa shape index (κ3) is 4.36. The van der Waals surface area contributed by atoms with Crippen LogP contribution in [0.3, 0.4) is 0 Å². The number of rotatable bonds is 8. The van der Waals surface area contributed by atoms with E-state index in [1.54, 1.807) is 22.8 Å². The van der Waals surface area contributed by atoms with Crippen LogP contribution in [0.25, 0.3) is 22.2 Å². The number of hydrogen-bond acceptors (Lipinski definition) is 10. The van der Waals surface area contributed by atoms with E-state index < -0.39 is 41.2 Å². The largest absolute Gasteiger partial charge is 0.382 e. The first kappa shape index (κ1) is 24.4. The lowest BCUT2D eigenvalue weighted by Crippen LogP contribution is -2.29. The topological polar surface area (TPSA) is 241 Å². The van der Waals surface area contributed by atoms with Crippen molar-refractivity contribution < 1.29 is 16.8 Å². The summed E-state index contributed by atoms with van der Waals surface area (Å²) in [6.45, 7) is 2.20. The van der Waals surface area contributed by atoms with Gasteiger partial charge in [-0.2, -0.15) is 0 Å². The number of aryl methyl sites for hydroxylation is 1. The van der Waals surface area contributed by atoms with Gasteiger partial charge < -0.3 is 21.8 Å². The maximum absolute atomic E-state index is 12.8. The van der Waals surface area contributed by atoms with E-state index in [0.717, 1.165) is 6.07 Å². The van der Waals surface area contributed by atoms with Gasteiger partial charge in [0.05, 0.1) is 21.7 Å². The molecule has 0 amide bonds. The number of nitrogen functional groups attached to an aromatic ring is 1. The lowest BCUT2D eigenvalue weighted by molar-refractivity contribution is 0.583. The molecule has 0 aliphatic heterocycles. The highest BCUT2D eigenvalue weighted by molar-refractivity contribution is 7.93. The van der Waals surface area contributed by atoms with Crippen LogP contribution in [0.1, 0.15) is 12.5 Å². The molecule has 33 heavy (non-hydrogen) atoms. The summed E-state index contributed by atoms with van der Waals surface area (Å²) in [5.74, 6) is 4.60. The van der Waals surface area contributed by atoms with Gasteiger partial charge in [0.25, 0.3) is 0 Å². The van der Waals surface area contributed by atoms with Crippen LogP contribution in [0.5, 0.6) is 0 Å². The molecule has 0 radical (unpaired) electrons. The number of hydrazine groups is 1. The fourth-order valence-electron chi connectivity index (χ4n) is 3.67. The number of fused-ring (bicyclic) bond motifs is 1. The van der Waals surface area contributed by atoms with Crippen molar-refractivity contribution in [2.75, 3.05) is 18.0 Å². The second kappa shape index (κ2) is 8.95. The number of nitrogens with zero attached hydrogens (tertiary/aromatic N) is 3. The summed E-state index contributed by atoms with van der Waals surface area (Å²) >= 11 is 0. The van der Waals surface area contributed by atoms with Crippen LogP contribution in [0.15, 0.2) is 45.2 Å². The van der Waals surface area contributed by atoms with Crippen molar-refractivity contribution in [3.63, 3.8) is 0 Å². The maximum Gasteiger partial charge on any atom is 0.240 e. The summed E-state index contributed by atoms with van der Waals surface area (Å²) < 4.78 is 52.7. The van der Waals surface area contributed by atoms with Crippen molar-refractivity contribution in [2.45, 2.75) is 23.3 Å². The summed E-state index contributed by atoms with van der Waals surface area (Å²) in [4.78, 5) is 3.14. The third-order valence-electron chi connectivity index (χ3n) is 4.98. The summed E-state index contributed by atoms with van der Waals surface area (Å²) in [6, 6.07) is 7.73. The molecule has 178 valence electrons. The van der Waals surface area contributed by atoms with Crippen molar-refractivity contribution in [3.8, 4) is 11.1 Å². The minimum atomic E-state index is -4.62. The SMILES string of the molecule is CCn1c(N)nc2c(-c3ccc(S(=O)(=O)CCN)c(S(N)(=O)=O)c3/C(N)=N/NN)cccc21. The Morgan fingerprint density at radius 1 is 1.15 bits per heavy atom. The summed E-state index contributed by atoms with van der Waals surface area (Å²) in [6.07, 6.45) is 0. The highest BCUT2D eigenvalue weighted by Crippen LogP contribution is 2.37. The number of anilines is 1. The maximum atomic E-state index is 12.8. The van der Waals surface area contributed by atoms with Gasteiger partial charge in [0.2, 0.25) is 16.0 Å². The summed E-state index contributed by atoms with van der Waals surface area (Å²) in [7, 11) is -8.75. The molecule has 0 aliphatic carbocycles. The van der Waals surface area contributed by atoms with Gasteiger partial charge in [0.15, 0.2) is 15.7 Å². The molecule has 13 nitrogen and oxygen atoms in total. The van der Waals surface area contributed by atoms with E-state index in [9.17, 15) is 16.8 Å². The Morgan fingerprint density at radius 2 is 1.85 bits per heavy atom. The summed E-state index contributed by atoms with van der Waals surface area (Å²) in [5, 5.41) is 9.14. The lowest BCUT2D eigenvalue weighted by Gasteiger charge is -2.18. The Labute approximate surface area is 190 Å². The number of primary sulfonamides is 1. The van der Waals surface area contributed by atoms with Gasteiger partial charge in [0, 0.05) is 24.2 Å². The van der Waals surface area contributed by atoms with E-state index in [0.29, 0.717) is 23.1 Å². The van der Waals surface area contributed by atoms with Gasteiger partial charge in [-0.05, 0) is 24.6 Å². The van der Waals surface area contributed by atoms with Gasteiger partial charge in [-0.15, -0.1) is 5.10 Å². The minimum Gasteiger partial charge on any atom is -0.382 e. The lowest BCUT2D eigenvalue weighted by atomic mass is 9.97. The van der Waals surface area contributed by atoms with E-state index in [4.69, 9.17) is 28.2 Å². The molecule has 2 aromatic carbocycles. The number of nitrogens with one attached hydrogen (secondary N) is 1. The van der Waals surface area contributed by atoms with Crippen molar-refractivity contribution >= 4 is 42.7 Å². The van der Waals surface area contributed by atoms with Crippen LogP contribution in [0.2, 0.25) is 0 Å². The van der Waals surface area contributed by atoms with Crippen LogP contribution in [-0.2, 0) is 26.4 Å². The zero-order valence-electron chi connectivity index (χ0n) is 17.7. The number of amidine groups is 1. The van der Waals surface area contributed by atoms with Crippen molar-refractivity contribution in [2.24, 2.45) is 27.6 Å². The van der Waals surface area contributed by atoms with Crippen LogP contribution < -0.4 is 33.7 Å². The number of nitrogens with two attached hydrogens (primary N) is 5. The van der Waals surface area contributed by atoms with Crippen LogP contribution in [0, 0.1) is 0 Å². The first-order valence-corrected chi connectivity index (χ1v) is 12.8. The Bertz CT molecular complexity index is 1460. The molecular formula is C18H25N9O4S2. The Morgan fingerprint density at radius 3 is 2.42 bits per heavy atom. The normalized spacial score (nSPS) is 12.9. The Hall–Kier alpha value is -3.24. The predicted octanol–water partition coefficient (Wildman–Crippen LogP) is -1.23. The van der Waals surface area contributed by atoms with Crippen molar-refractivity contribution in [1.82, 2.24) is 15.1 Å². The zero-order valence-corrected chi connectivity index (χ0v) is 19.3.